The fraction of sp³-hybridized carbons (Fsp3) is 0.348. The molecule has 0 bridgehead atoms. The van der Waals surface area contributed by atoms with Crippen LogP contribution < -0.4 is 0 Å². The van der Waals surface area contributed by atoms with Crippen LogP contribution in [0.5, 0.6) is 0 Å². The number of piperazine rings is 1. The lowest BCUT2D eigenvalue weighted by atomic mass is 10.0. The lowest BCUT2D eigenvalue weighted by Crippen LogP contribution is -2.48. The number of carbonyl (C=O) groups excluding carboxylic acids is 1. The molecule has 1 amide bonds. The van der Waals surface area contributed by atoms with E-state index in [9.17, 15) is 31.1 Å². The van der Waals surface area contributed by atoms with Crippen molar-refractivity contribution in [3.05, 3.63) is 70.4 Å². The summed E-state index contributed by atoms with van der Waals surface area (Å²) in [4.78, 5) is 19.1. The Kier molecular flexibility index (Phi) is 5.90. The molecule has 0 spiro atoms. The van der Waals surface area contributed by atoms with Gasteiger partial charge in [0.15, 0.2) is 0 Å². The smallest absolute Gasteiger partial charge is 0.351 e. The van der Waals surface area contributed by atoms with Gasteiger partial charge in [-0.05, 0) is 42.8 Å². The van der Waals surface area contributed by atoms with Crippen LogP contribution >= 0.6 is 0 Å². The zero-order valence-electron chi connectivity index (χ0n) is 17.6. The first-order valence-electron chi connectivity index (χ1n) is 10.3. The summed E-state index contributed by atoms with van der Waals surface area (Å²) in [6.45, 7) is 3.09. The molecular formula is C23H21F6N3O. The molecule has 0 unspecified atom stereocenters. The number of nitrogens with one attached hydrogen (secondary N) is 1. The van der Waals surface area contributed by atoms with Crippen LogP contribution in [0.3, 0.4) is 0 Å². The molecule has 0 atom stereocenters. The van der Waals surface area contributed by atoms with E-state index in [2.05, 4.69) is 4.98 Å². The number of rotatable bonds is 3. The molecule has 1 N–H and O–H groups in total. The average Bonchev–Trinajstić information content (AvgIpc) is 3.17. The first kappa shape index (κ1) is 23.2. The Balaban J connectivity index is 1.43. The zero-order valence-corrected chi connectivity index (χ0v) is 17.6. The third kappa shape index (κ3) is 5.00. The van der Waals surface area contributed by atoms with Crippen LogP contribution in [0.25, 0.3) is 10.9 Å². The second-order valence-corrected chi connectivity index (χ2v) is 8.21. The third-order valence-corrected chi connectivity index (χ3v) is 5.80. The Labute approximate surface area is 185 Å². The molecule has 1 fully saturated rings. The molecule has 0 saturated carbocycles. The van der Waals surface area contributed by atoms with Crippen molar-refractivity contribution < 1.29 is 31.1 Å². The number of aromatic nitrogens is 1. The highest BCUT2D eigenvalue weighted by Crippen LogP contribution is 2.34. The summed E-state index contributed by atoms with van der Waals surface area (Å²) in [7, 11) is 0. The lowest BCUT2D eigenvalue weighted by Gasteiger charge is -2.35. The molecule has 4 nitrogen and oxygen atoms in total. The number of aromatic amines is 1. The van der Waals surface area contributed by atoms with Gasteiger partial charge in [-0.15, -0.1) is 0 Å². The minimum atomic E-state index is -4.48. The lowest BCUT2D eigenvalue weighted by molar-refractivity contribution is -0.139. The van der Waals surface area contributed by atoms with Crippen LogP contribution in [0.1, 0.15) is 32.7 Å². The molecule has 1 aromatic heterocycles. The Morgan fingerprint density at radius 1 is 0.909 bits per heavy atom. The molecule has 33 heavy (non-hydrogen) atoms. The van der Waals surface area contributed by atoms with E-state index < -0.39 is 23.5 Å². The number of carbonyl (C=O) groups is 1. The van der Waals surface area contributed by atoms with Crippen molar-refractivity contribution in [3.8, 4) is 0 Å². The van der Waals surface area contributed by atoms with E-state index in [0.717, 1.165) is 18.2 Å². The quantitative estimate of drug-likeness (QED) is 0.517. The van der Waals surface area contributed by atoms with Gasteiger partial charge in [0.2, 0.25) is 0 Å². The predicted octanol–water partition coefficient (Wildman–Crippen LogP) is 5.47. The van der Waals surface area contributed by atoms with Gasteiger partial charge in [-0.1, -0.05) is 17.7 Å². The number of benzene rings is 2. The van der Waals surface area contributed by atoms with Crippen molar-refractivity contribution in [1.82, 2.24) is 14.8 Å². The predicted molar refractivity (Wildman–Crippen MR) is 111 cm³/mol. The maximum atomic E-state index is 13.4. The average molecular weight is 469 g/mol. The number of amides is 1. The Morgan fingerprint density at radius 2 is 1.61 bits per heavy atom. The summed E-state index contributed by atoms with van der Waals surface area (Å²) in [6, 6.07) is 8.87. The number of hydrogen-bond donors (Lipinski definition) is 1. The summed E-state index contributed by atoms with van der Waals surface area (Å²) >= 11 is 0. The number of alkyl halides is 6. The van der Waals surface area contributed by atoms with Crippen LogP contribution in [-0.2, 0) is 18.9 Å². The van der Waals surface area contributed by atoms with Gasteiger partial charge in [0, 0.05) is 43.6 Å². The van der Waals surface area contributed by atoms with Gasteiger partial charge in [-0.2, -0.15) is 26.3 Å². The van der Waals surface area contributed by atoms with Crippen LogP contribution in [0.2, 0.25) is 0 Å². The fourth-order valence-electron chi connectivity index (χ4n) is 4.04. The SMILES string of the molecule is Cc1ccc(CN2CCN(C(=O)c3cc4cc(C(F)(F)F)ccc4[nH]3)CC2)c(C(F)(F)F)c1. The second-order valence-electron chi connectivity index (χ2n) is 8.21. The van der Waals surface area contributed by atoms with Gasteiger partial charge in [0.1, 0.15) is 5.69 Å². The van der Waals surface area contributed by atoms with Gasteiger partial charge in [-0.3, -0.25) is 9.69 Å². The largest absolute Gasteiger partial charge is 0.416 e. The fourth-order valence-corrected chi connectivity index (χ4v) is 4.04. The number of fused-ring (bicyclic) bond motifs is 1. The van der Waals surface area contributed by atoms with E-state index in [1.807, 2.05) is 4.90 Å². The summed E-state index contributed by atoms with van der Waals surface area (Å²) in [6.07, 6.45) is -8.92. The second kappa shape index (κ2) is 8.40. The van der Waals surface area contributed by atoms with E-state index in [1.54, 1.807) is 17.9 Å². The monoisotopic (exact) mass is 469 g/mol. The van der Waals surface area contributed by atoms with Gasteiger partial charge in [0.25, 0.3) is 5.91 Å². The molecule has 2 aromatic carbocycles. The topological polar surface area (TPSA) is 39.3 Å². The highest BCUT2D eigenvalue weighted by atomic mass is 19.4. The molecule has 1 aliphatic rings. The number of halogens is 6. The van der Waals surface area contributed by atoms with Crippen LogP contribution in [-0.4, -0.2) is 46.9 Å². The number of nitrogens with zero attached hydrogens (tertiary/aromatic N) is 2. The van der Waals surface area contributed by atoms with Crippen molar-refractivity contribution in [2.45, 2.75) is 25.8 Å². The zero-order chi connectivity index (χ0) is 24.0. The summed E-state index contributed by atoms with van der Waals surface area (Å²) in [5.74, 6) is -0.356. The van der Waals surface area contributed by atoms with Gasteiger partial charge in [0.05, 0.1) is 11.1 Å². The van der Waals surface area contributed by atoms with Crippen molar-refractivity contribution in [3.63, 3.8) is 0 Å². The minimum Gasteiger partial charge on any atom is -0.351 e. The standard InChI is InChI=1S/C23H21F6N3O/c1-14-2-3-15(18(10-14)23(27,28)29)13-31-6-8-32(9-7-31)21(33)20-12-16-11-17(22(24,25)26)4-5-19(16)30-20/h2-5,10-12,30H,6-9,13H2,1H3. The minimum absolute atomic E-state index is 0.115. The Hall–Kier alpha value is -3.01. The molecular weight excluding hydrogens is 448 g/mol. The number of aryl methyl sites for hydroxylation is 1. The van der Waals surface area contributed by atoms with E-state index in [-0.39, 0.29) is 29.1 Å². The Morgan fingerprint density at radius 3 is 2.24 bits per heavy atom. The molecule has 0 radical (unpaired) electrons. The normalized spacial score (nSPS) is 15.9. The molecule has 2 heterocycles. The molecule has 1 saturated heterocycles. The molecule has 4 rings (SSSR count). The van der Waals surface area contributed by atoms with Gasteiger partial charge in [-0.25, -0.2) is 0 Å². The highest BCUT2D eigenvalue weighted by Gasteiger charge is 2.34. The van der Waals surface area contributed by atoms with Crippen LogP contribution in [0.15, 0.2) is 42.5 Å². The van der Waals surface area contributed by atoms with Crippen molar-refractivity contribution in [1.29, 1.82) is 0 Å². The highest BCUT2D eigenvalue weighted by molar-refractivity contribution is 5.98. The van der Waals surface area contributed by atoms with E-state index >= 15 is 0 Å². The van der Waals surface area contributed by atoms with E-state index in [1.165, 1.54) is 18.2 Å². The first-order chi connectivity index (χ1) is 15.4. The van der Waals surface area contributed by atoms with Crippen LogP contribution in [0, 0.1) is 6.92 Å². The summed E-state index contributed by atoms with van der Waals surface area (Å²) in [5.41, 5.74) is -0.140. The van der Waals surface area contributed by atoms with Crippen LogP contribution in [0.4, 0.5) is 26.3 Å². The summed E-state index contributed by atoms with van der Waals surface area (Å²) < 4.78 is 78.9. The third-order valence-electron chi connectivity index (χ3n) is 5.80. The van der Waals surface area contributed by atoms with Crippen molar-refractivity contribution in [2.75, 3.05) is 26.2 Å². The molecule has 1 aliphatic heterocycles. The number of H-pyrrole nitrogens is 1. The summed E-state index contributed by atoms with van der Waals surface area (Å²) in [5, 5.41) is 0.283. The van der Waals surface area contributed by atoms with Gasteiger partial charge >= 0.3 is 12.4 Å². The molecule has 0 aliphatic carbocycles. The molecule has 3 aromatic rings. The van der Waals surface area contributed by atoms with E-state index in [4.69, 9.17) is 0 Å². The maximum Gasteiger partial charge on any atom is 0.416 e. The maximum absolute atomic E-state index is 13.4. The first-order valence-corrected chi connectivity index (χ1v) is 10.3. The Bertz CT molecular complexity index is 1170. The molecule has 176 valence electrons. The van der Waals surface area contributed by atoms with Gasteiger partial charge < -0.3 is 9.88 Å². The van der Waals surface area contributed by atoms with Crippen molar-refractivity contribution in [2.24, 2.45) is 0 Å². The number of hydrogen-bond acceptors (Lipinski definition) is 2. The molecule has 10 heteroatoms. The van der Waals surface area contributed by atoms with E-state index in [0.29, 0.717) is 37.3 Å². The van der Waals surface area contributed by atoms with Crippen molar-refractivity contribution >= 4 is 16.8 Å².